The second kappa shape index (κ2) is 6.69. The third kappa shape index (κ3) is 2.94. The Labute approximate surface area is 165 Å². The number of piperidine rings is 1. The lowest BCUT2D eigenvalue weighted by molar-refractivity contribution is -0.0140. The number of aliphatic hydroxyl groups excluding tert-OH is 1. The van der Waals surface area contributed by atoms with E-state index in [4.69, 9.17) is 0 Å². The highest BCUT2D eigenvalue weighted by molar-refractivity contribution is 5.92. The van der Waals surface area contributed by atoms with Crippen LogP contribution < -0.4 is 5.32 Å². The van der Waals surface area contributed by atoms with Crippen molar-refractivity contribution in [1.29, 1.82) is 0 Å². The minimum Gasteiger partial charge on any atom is -0.389 e. The third-order valence-corrected chi connectivity index (χ3v) is 6.61. The van der Waals surface area contributed by atoms with E-state index in [1.165, 1.54) is 11.1 Å². The standard InChI is InChI=1S/C21H27N5O2/c1-24-8-9-25-12-17(23-19(25)14-24)20(28)26-7-6-21(18(27)13-26)10-15-4-2-3-5-16(15)11-22-21/h2-5,12,18,22,27H,6-11,13-14H2,1H3/t18-,21+/m1/s1. The molecule has 28 heavy (non-hydrogen) atoms. The van der Waals surface area contributed by atoms with Crippen LogP contribution in [0.25, 0.3) is 0 Å². The second-order valence-corrected chi connectivity index (χ2v) is 8.45. The van der Waals surface area contributed by atoms with Crippen LogP contribution in [0.4, 0.5) is 0 Å². The van der Waals surface area contributed by atoms with Gasteiger partial charge in [-0.2, -0.15) is 0 Å². The van der Waals surface area contributed by atoms with E-state index in [1.807, 2.05) is 6.20 Å². The number of aliphatic hydroxyl groups is 1. The van der Waals surface area contributed by atoms with E-state index in [0.29, 0.717) is 18.8 Å². The van der Waals surface area contributed by atoms with Crippen LogP contribution in [0, 0.1) is 0 Å². The molecule has 4 heterocycles. The van der Waals surface area contributed by atoms with Gasteiger partial charge in [0, 0.05) is 38.9 Å². The first-order chi connectivity index (χ1) is 13.5. The van der Waals surface area contributed by atoms with E-state index in [2.05, 4.69) is 51.1 Å². The van der Waals surface area contributed by atoms with Crippen molar-refractivity contribution in [1.82, 2.24) is 24.7 Å². The minimum atomic E-state index is -0.595. The molecular weight excluding hydrogens is 354 g/mol. The Morgan fingerprint density at radius 3 is 2.89 bits per heavy atom. The normalized spacial score (nSPS) is 27.5. The molecule has 3 aliphatic rings. The lowest BCUT2D eigenvalue weighted by atomic mass is 9.76. The van der Waals surface area contributed by atoms with Gasteiger partial charge >= 0.3 is 0 Å². The fraction of sp³-hybridized carbons (Fsp3) is 0.524. The van der Waals surface area contributed by atoms with Gasteiger partial charge in [0.05, 0.1) is 18.2 Å². The summed E-state index contributed by atoms with van der Waals surface area (Å²) in [5.74, 6) is 0.867. The summed E-state index contributed by atoms with van der Waals surface area (Å²) >= 11 is 0. The lowest BCUT2D eigenvalue weighted by Gasteiger charge is -2.48. The zero-order valence-corrected chi connectivity index (χ0v) is 16.3. The maximum absolute atomic E-state index is 13.0. The minimum absolute atomic E-state index is 0.0744. The molecule has 1 saturated heterocycles. The summed E-state index contributed by atoms with van der Waals surface area (Å²) in [5, 5.41) is 14.6. The van der Waals surface area contributed by atoms with Crippen LogP contribution in [0.3, 0.4) is 0 Å². The highest BCUT2D eigenvalue weighted by Gasteiger charge is 2.45. The largest absolute Gasteiger partial charge is 0.389 e. The van der Waals surface area contributed by atoms with Gasteiger partial charge < -0.3 is 19.9 Å². The molecular formula is C21H27N5O2. The van der Waals surface area contributed by atoms with Crippen LogP contribution in [0.2, 0.25) is 0 Å². The zero-order valence-electron chi connectivity index (χ0n) is 16.3. The molecule has 1 aromatic carbocycles. The van der Waals surface area contributed by atoms with Gasteiger partial charge in [-0.25, -0.2) is 4.98 Å². The smallest absolute Gasteiger partial charge is 0.274 e. The summed E-state index contributed by atoms with van der Waals surface area (Å²) in [6, 6.07) is 8.40. The van der Waals surface area contributed by atoms with E-state index in [1.54, 1.807) is 4.90 Å². The molecule has 0 saturated carbocycles. The number of carbonyl (C=O) groups excluding carboxylic acids is 1. The Morgan fingerprint density at radius 1 is 1.25 bits per heavy atom. The van der Waals surface area contributed by atoms with Crippen LogP contribution in [0.1, 0.15) is 33.9 Å². The molecule has 2 aromatic rings. The number of amides is 1. The number of nitrogens with zero attached hydrogens (tertiary/aromatic N) is 4. The topological polar surface area (TPSA) is 73.6 Å². The maximum Gasteiger partial charge on any atom is 0.274 e. The van der Waals surface area contributed by atoms with Crippen molar-refractivity contribution < 1.29 is 9.90 Å². The first-order valence-electron chi connectivity index (χ1n) is 10.1. The van der Waals surface area contributed by atoms with Gasteiger partial charge in [-0.15, -0.1) is 0 Å². The number of carbonyl (C=O) groups is 1. The molecule has 0 unspecified atom stereocenters. The molecule has 0 radical (unpaired) electrons. The number of rotatable bonds is 1. The van der Waals surface area contributed by atoms with Crippen molar-refractivity contribution >= 4 is 5.91 Å². The summed E-state index contributed by atoms with van der Waals surface area (Å²) in [6.45, 7) is 4.34. The predicted octanol–water partition coefficient (Wildman–Crippen LogP) is 0.620. The molecule has 2 N–H and O–H groups in total. The molecule has 5 rings (SSSR count). The van der Waals surface area contributed by atoms with Crippen LogP contribution in [-0.4, -0.2) is 68.7 Å². The molecule has 1 spiro atoms. The monoisotopic (exact) mass is 381 g/mol. The van der Waals surface area contributed by atoms with Crippen molar-refractivity contribution in [2.45, 2.75) is 44.1 Å². The van der Waals surface area contributed by atoms with Crippen molar-refractivity contribution in [3.63, 3.8) is 0 Å². The van der Waals surface area contributed by atoms with E-state index >= 15 is 0 Å². The quantitative estimate of drug-likeness (QED) is 0.758. The van der Waals surface area contributed by atoms with Gasteiger partial charge in [0.2, 0.25) is 0 Å². The van der Waals surface area contributed by atoms with Gasteiger partial charge in [0.25, 0.3) is 5.91 Å². The van der Waals surface area contributed by atoms with E-state index in [0.717, 1.165) is 44.8 Å². The molecule has 0 aliphatic carbocycles. The average molecular weight is 381 g/mol. The first-order valence-corrected chi connectivity index (χ1v) is 10.1. The lowest BCUT2D eigenvalue weighted by Crippen LogP contribution is -2.65. The number of benzene rings is 1. The number of likely N-dealkylation sites (tertiary alicyclic amines) is 1. The Kier molecular flexibility index (Phi) is 4.26. The highest BCUT2D eigenvalue weighted by atomic mass is 16.3. The maximum atomic E-state index is 13.0. The fourth-order valence-corrected chi connectivity index (χ4v) is 4.79. The third-order valence-electron chi connectivity index (χ3n) is 6.61. The van der Waals surface area contributed by atoms with Gasteiger partial charge in [-0.05, 0) is 31.0 Å². The first kappa shape index (κ1) is 17.8. The Hall–Kier alpha value is -2.22. The number of hydrogen-bond donors (Lipinski definition) is 2. The van der Waals surface area contributed by atoms with Crippen LogP contribution in [-0.2, 0) is 26.1 Å². The van der Waals surface area contributed by atoms with Crippen LogP contribution >= 0.6 is 0 Å². The van der Waals surface area contributed by atoms with Crippen molar-refractivity contribution in [2.75, 3.05) is 26.7 Å². The zero-order chi connectivity index (χ0) is 19.3. The summed E-state index contributed by atoms with van der Waals surface area (Å²) in [6.07, 6.45) is 2.82. The van der Waals surface area contributed by atoms with Crippen LogP contribution in [0.5, 0.6) is 0 Å². The van der Waals surface area contributed by atoms with Gasteiger partial charge in [-0.3, -0.25) is 9.69 Å². The Bertz CT molecular complexity index is 910. The number of β-amino-alcohol motifs (C(OH)–C–C–N with tert-alkyl or cyclic N) is 1. The molecule has 0 bridgehead atoms. The molecule has 148 valence electrons. The molecule has 3 aliphatic heterocycles. The number of aromatic nitrogens is 2. The molecule has 7 nitrogen and oxygen atoms in total. The van der Waals surface area contributed by atoms with Crippen molar-refractivity contribution in [3.8, 4) is 0 Å². The molecule has 7 heteroatoms. The molecule has 1 fully saturated rings. The highest BCUT2D eigenvalue weighted by Crippen LogP contribution is 2.32. The number of fused-ring (bicyclic) bond motifs is 2. The van der Waals surface area contributed by atoms with Crippen molar-refractivity contribution in [3.05, 3.63) is 53.1 Å². The summed E-state index contributed by atoms with van der Waals surface area (Å²) in [4.78, 5) is 21.6. The average Bonchev–Trinajstić information content (AvgIpc) is 3.13. The number of hydrogen-bond acceptors (Lipinski definition) is 5. The SMILES string of the molecule is CN1CCn2cc(C(=O)N3CC[C@]4(Cc5ccccc5CN4)[C@H](O)C3)nc2C1. The van der Waals surface area contributed by atoms with E-state index in [-0.39, 0.29) is 11.4 Å². The fourth-order valence-electron chi connectivity index (χ4n) is 4.79. The molecule has 1 amide bonds. The van der Waals surface area contributed by atoms with Gasteiger partial charge in [-0.1, -0.05) is 24.3 Å². The number of likely N-dealkylation sites (N-methyl/N-ethyl adjacent to an activating group) is 1. The molecule has 2 atom stereocenters. The number of imidazole rings is 1. The Morgan fingerprint density at radius 2 is 2.07 bits per heavy atom. The summed E-state index contributed by atoms with van der Waals surface area (Å²) < 4.78 is 2.08. The summed E-state index contributed by atoms with van der Waals surface area (Å²) in [7, 11) is 2.06. The van der Waals surface area contributed by atoms with Crippen molar-refractivity contribution in [2.24, 2.45) is 0 Å². The van der Waals surface area contributed by atoms with Crippen LogP contribution in [0.15, 0.2) is 30.5 Å². The second-order valence-electron chi connectivity index (χ2n) is 8.45. The number of nitrogens with one attached hydrogen (secondary N) is 1. The van der Waals surface area contributed by atoms with Gasteiger partial charge in [0.15, 0.2) is 0 Å². The van der Waals surface area contributed by atoms with E-state index < -0.39 is 6.10 Å². The predicted molar refractivity (Wildman–Crippen MR) is 105 cm³/mol. The molecule has 1 aromatic heterocycles. The van der Waals surface area contributed by atoms with E-state index in [9.17, 15) is 9.90 Å². The van der Waals surface area contributed by atoms with Gasteiger partial charge in [0.1, 0.15) is 11.5 Å². The Balaban J connectivity index is 1.31. The summed E-state index contributed by atoms with van der Waals surface area (Å²) in [5.41, 5.74) is 2.75.